The first-order chi connectivity index (χ1) is 8.58. The molecule has 1 aromatic carbocycles. The summed E-state index contributed by atoms with van der Waals surface area (Å²) in [4.78, 5) is 15.8. The van der Waals surface area contributed by atoms with E-state index in [1.165, 1.54) is 6.20 Å². The summed E-state index contributed by atoms with van der Waals surface area (Å²) in [7, 11) is 0. The number of aromatic nitrogens is 1. The molecule has 0 aliphatic carbocycles. The Bertz CT molecular complexity index is 602. The highest BCUT2D eigenvalue weighted by molar-refractivity contribution is 6.36. The first-order valence-electron chi connectivity index (χ1n) is 4.95. The van der Waals surface area contributed by atoms with Gasteiger partial charge in [-0.05, 0) is 30.3 Å². The fourth-order valence-electron chi connectivity index (χ4n) is 1.34. The van der Waals surface area contributed by atoms with Gasteiger partial charge >= 0.3 is 0 Å². The van der Waals surface area contributed by atoms with Crippen LogP contribution in [0.5, 0.6) is 0 Å². The van der Waals surface area contributed by atoms with Crippen molar-refractivity contribution in [3.63, 3.8) is 0 Å². The fraction of sp³-hybridized carbons (Fsp3) is 0. The molecule has 0 saturated heterocycles. The van der Waals surface area contributed by atoms with E-state index in [1.54, 1.807) is 30.3 Å². The van der Waals surface area contributed by atoms with Gasteiger partial charge in [-0.15, -0.1) is 0 Å². The third-order valence-corrected chi connectivity index (χ3v) is 3.05. The maximum Gasteiger partial charge on any atom is 0.258 e. The standard InChI is InChI=1S/C12H7Cl3N2O/c13-7-3-4-9(14)10(6-7)17-12(18)8-2-1-5-16-11(8)15/h1-6H,(H,17,18). The van der Waals surface area contributed by atoms with Crippen molar-refractivity contribution in [1.29, 1.82) is 0 Å². The van der Waals surface area contributed by atoms with E-state index in [9.17, 15) is 4.79 Å². The van der Waals surface area contributed by atoms with E-state index in [2.05, 4.69) is 10.3 Å². The SMILES string of the molecule is O=C(Nc1cc(Cl)ccc1Cl)c1cccnc1Cl. The van der Waals surface area contributed by atoms with E-state index in [1.807, 2.05) is 0 Å². The number of nitrogens with zero attached hydrogens (tertiary/aromatic N) is 1. The normalized spacial score (nSPS) is 10.2. The molecule has 0 saturated carbocycles. The minimum atomic E-state index is -0.391. The van der Waals surface area contributed by atoms with Gasteiger partial charge in [-0.1, -0.05) is 34.8 Å². The molecular weight excluding hydrogens is 295 g/mol. The number of carbonyl (C=O) groups is 1. The minimum Gasteiger partial charge on any atom is -0.320 e. The van der Waals surface area contributed by atoms with Crippen LogP contribution in [0.15, 0.2) is 36.5 Å². The number of anilines is 1. The molecule has 0 unspecified atom stereocenters. The number of amides is 1. The number of hydrogen-bond donors (Lipinski definition) is 1. The summed E-state index contributed by atoms with van der Waals surface area (Å²) in [6.45, 7) is 0. The first-order valence-corrected chi connectivity index (χ1v) is 6.08. The lowest BCUT2D eigenvalue weighted by Gasteiger charge is -2.08. The molecule has 1 aromatic heterocycles. The maximum atomic E-state index is 12.0. The van der Waals surface area contributed by atoms with Crippen molar-refractivity contribution in [2.24, 2.45) is 0 Å². The van der Waals surface area contributed by atoms with Gasteiger partial charge in [0.2, 0.25) is 0 Å². The van der Waals surface area contributed by atoms with Crippen LogP contribution < -0.4 is 5.32 Å². The Morgan fingerprint density at radius 3 is 2.67 bits per heavy atom. The van der Waals surface area contributed by atoms with Crippen LogP contribution in [0.2, 0.25) is 15.2 Å². The Morgan fingerprint density at radius 1 is 1.17 bits per heavy atom. The van der Waals surface area contributed by atoms with Gasteiger partial charge in [0.15, 0.2) is 0 Å². The van der Waals surface area contributed by atoms with Gasteiger partial charge in [-0.2, -0.15) is 0 Å². The lowest BCUT2D eigenvalue weighted by Crippen LogP contribution is -2.13. The zero-order valence-electron chi connectivity index (χ0n) is 8.95. The van der Waals surface area contributed by atoms with Gasteiger partial charge in [-0.3, -0.25) is 4.79 Å². The predicted molar refractivity (Wildman–Crippen MR) is 73.7 cm³/mol. The van der Waals surface area contributed by atoms with E-state index >= 15 is 0 Å². The second kappa shape index (κ2) is 5.57. The molecule has 1 N–H and O–H groups in total. The van der Waals surface area contributed by atoms with Crippen molar-refractivity contribution in [2.45, 2.75) is 0 Å². The van der Waals surface area contributed by atoms with Gasteiger partial charge in [0, 0.05) is 11.2 Å². The molecule has 6 heteroatoms. The van der Waals surface area contributed by atoms with Crippen LogP contribution in [-0.4, -0.2) is 10.9 Å². The summed E-state index contributed by atoms with van der Waals surface area (Å²) < 4.78 is 0. The molecule has 0 radical (unpaired) electrons. The average molecular weight is 302 g/mol. The number of nitrogens with one attached hydrogen (secondary N) is 1. The van der Waals surface area contributed by atoms with Gasteiger partial charge in [0.1, 0.15) is 5.15 Å². The maximum absolute atomic E-state index is 12.0. The molecule has 0 aliphatic rings. The Balaban J connectivity index is 2.27. The molecule has 0 atom stereocenters. The van der Waals surface area contributed by atoms with E-state index in [0.717, 1.165) is 0 Å². The van der Waals surface area contributed by atoms with E-state index in [0.29, 0.717) is 15.7 Å². The smallest absolute Gasteiger partial charge is 0.258 e. The third kappa shape index (κ3) is 2.93. The Kier molecular flexibility index (Phi) is 4.07. The molecule has 0 spiro atoms. The summed E-state index contributed by atoms with van der Waals surface area (Å²) >= 11 is 17.6. The molecule has 0 fully saturated rings. The zero-order chi connectivity index (χ0) is 13.1. The molecule has 0 bridgehead atoms. The average Bonchev–Trinajstić information content (AvgIpc) is 2.34. The highest BCUT2D eigenvalue weighted by Crippen LogP contribution is 2.26. The van der Waals surface area contributed by atoms with Crippen LogP contribution in [0.4, 0.5) is 5.69 Å². The Labute approximate surface area is 119 Å². The van der Waals surface area contributed by atoms with Crippen LogP contribution in [-0.2, 0) is 0 Å². The van der Waals surface area contributed by atoms with E-state index < -0.39 is 5.91 Å². The second-order valence-electron chi connectivity index (χ2n) is 3.42. The number of benzene rings is 1. The van der Waals surface area contributed by atoms with E-state index in [4.69, 9.17) is 34.8 Å². The Hall–Kier alpha value is -1.29. The van der Waals surface area contributed by atoms with Crippen molar-refractivity contribution in [3.8, 4) is 0 Å². The van der Waals surface area contributed by atoms with Crippen LogP contribution in [0.1, 0.15) is 10.4 Å². The van der Waals surface area contributed by atoms with Crippen LogP contribution >= 0.6 is 34.8 Å². The molecule has 1 amide bonds. The summed E-state index contributed by atoms with van der Waals surface area (Å²) in [6, 6.07) is 8.00. The highest BCUT2D eigenvalue weighted by Gasteiger charge is 2.12. The van der Waals surface area contributed by atoms with Crippen molar-refractivity contribution in [2.75, 3.05) is 5.32 Å². The quantitative estimate of drug-likeness (QED) is 0.841. The van der Waals surface area contributed by atoms with Crippen molar-refractivity contribution < 1.29 is 4.79 Å². The minimum absolute atomic E-state index is 0.133. The highest BCUT2D eigenvalue weighted by atomic mass is 35.5. The molecular formula is C12H7Cl3N2O. The van der Waals surface area contributed by atoms with Gasteiger partial charge in [0.25, 0.3) is 5.91 Å². The first kappa shape index (κ1) is 13.1. The molecule has 92 valence electrons. The summed E-state index contributed by atoms with van der Waals surface area (Å²) in [5, 5.41) is 3.64. The topological polar surface area (TPSA) is 42.0 Å². The lowest BCUT2D eigenvalue weighted by molar-refractivity contribution is 0.102. The number of rotatable bonds is 2. The zero-order valence-corrected chi connectivity index (χ0v) is 11.2. The molecule has 3 nitrogen and oxygen atoms in total. The van der Waals surface area contributed by atoms with Crippen molar-refractivity contribution >= 4 is 46.4 Å². The molecule has 2 rings (SSSR count). The molecule has 1 heterocycles. The third-order valence-electron chi connectivity index (χ3n) is 2.18. The van der Waals surface area contributed by atoms with E-state index in [-0.39, 0.29) is 10.7 Å². The molecule has 18 heavy (non-hydrogen) atoms. The predicted octanol–water partition coefficient (Wildman–Crippen LogP) is 4.29. The summed E-state index contributed by atoms with van der Waals surface area (Å²) in [6.07, 6.45) is 1.51. The number of carbonyl (C=O) groups excluding carboxylic acids is 1. The summed E-state index contributed by atoms with van der Waals surface area (Å²) in [5.74, 6) is -0.391. The van der Waals surface area contributed by atoms with Crippen LogP contribution in [0, 0.1) is 0 Å². The van der Waals surface area contributed by atoms with Crippen LogP contribution in [0.3, 0.4) is 0 Å². The number of pyridine rings is 1. The van der Waals surface area contributed by atoms with Gasteiger partial charge < -0.3 is 5.32 Å². The largest absolute Gasteiger partial charge is 0.320 e. The number of hydrogen-bond acceptors (Lipinski definition) is 2. The Morgan fingerprint density at radius 2 is 1.94 bits per heavy atom. The molecule has 2 aromatic rings. The fourth-order valence-corrected chi connectivity index (χ4v) is 1.88. The number of halogens is 3. The second-order valence-corrected chi connectivity index (χ2v) is 4.62. The summed E-state index contributed by atoms with van der Waals surface area (Å²) in [5.41, 5.74) is 0.698. The van der Waals surface area contributed by atoms with Crippen molar-refractivity contribution in [1.82, 2.24) is 4.98 Å². The molecule has 0 aliphatic heterocycles. The van der Waals surface area contributed by atoms with Gasteiger partial charge in [-0.25, -0.2) is 4.98 Å². The monoisotopic (exact) mass is 300 g/mol. The van der Waals surface area contributed by atoms with Gasteiger partial charge in [0.05, 0.1) is 16.3 Å². The van der Waals surface area contributed by atoms with Crippen molar-refractivity contribution in [3.05, 3.63) is 57.3 Å². The van der Waals surface area contributed by atoms with Crippen LogP contribution in [0.25, 0.3) is 0 Å². The lowest BCUT2D eigenvalue weighted by atomic mass is 10.2.